The van der Waals surface area contributed by atoms with Crippen molar-refractivity contribution < 1.29 is 0 Å². The van der Waals surface area contributed by atoms with Gasteiger partial charge < -0.3 is 0 Å². The van der Waals surface area contributed by atoms with Crippen LogP contribution in [-0.2, 0) is 0 Å². The Hall–Kier alpha value is 0.0800. The van der Waals surface area contributed by atoms with Gasteiger partial charge in [0.05, 0.1) is 3.81 Å². The molecule has 13 heavy (non-hydrogen) atoms. The lowest BCUT2D eigenvalue weighted by atomic mass is 10.2. The van der Waals surface area contributed by atoms with Crippen molar-refractivity contribution in [1.29, 1.82) is 0 Å². The Morgan fingerprint density at radius 1 is 1.46 bits per heavy atom. The molecule has 1 rings (SSSR count). The van der Waals surface area contributed by atoms with E-state index < -0.39 is 0 Å². The molecule has 70 valence electrons. The molecule has 1 aromatic rings. The average Bonchev–Trinajstić information content (AvgIpc) is 2.09. The van der Waals surface area contributed by atoms with Crippen LogP contribution in [0.5, 0.6) is 0 Å². The Kier molecular flexibility index (Phi) is 4.92. The minimum Gasteiger partial charge on any atom is -0.119 e. The van der Waals surface area contributed by atoms with Crippen LogP contribution in [0.25, 0.3) is 6.08 Å². The lowest BCUT2D eigenvalue weighted by molar-refractivity contribution is 1.54. The lowest BCUT2D eigenvalue weighted by Gasteiger charge is -1.96. The second-order valence-corrected chi connectivity index (χ2v) is 5.55. The van der Waals surface area contributed by atoms with Crippen LogP contribution >= 0.6 is 39.3 Å². The Bertz CT molecular complexity index is 292. The van der Waals surface area contributed by atoms with E-state index >= 15 is 0 Å². The summed E-state index contributed by atoms with van der Waals surface area (Å²) in [7, 11) is 0. The second-order valence-electron chi connectivity index (χ2n) is 2.43. The first-order chi connectivity index (χ1) is 6.22. The first kappa shape index (κ1) is 11.2. The highest BCUT2D eigenvalue weighted by Crippen LogP contribution is 2.24. The van der Waals surface area contributed by atoms with Crippen molar-refractivity contribution in [3.63, 3.8) is 0 Å². The Labute approximate surface area is 96.5 Å². The fourth-order valence-electron chi connectivity index (χ4n) is 0.870. The van der Waals surface area contributed by atoms with Gasteiger partial charge in [-0.15, -0.1) is 11.8 Å². The average molecular weight is 278 g/mol. The van der Waals surface area contributed by atoms with Crippen LogP contribution in [0.3, 0.4) is 0 Å². The molecule has 0 aliphatic carbocycles. The smallest absolute Gasteiger partial charge is 0.0508 e. The number of hydrogen-bond acceptors (Lipinski definition) is 1. The van der Waals surface area contributed by atoms with Crippen LogP contribution in [0.2, 0.25) is 5.02 Å². The summed E-state index contributed by atoms with van der Waals surface area (Å²) in [5, 5.41) is 0.774. The molecule has 0 N–H and O–H groups in total. The largest absolute Gasteiger partial charge is 0.119 e. The first-order valence-electron chi connectivity index (χ1n) is 3.98. The molecule has 3 heteroatoms. The summed E-state index contributed by atoms with van der Waals surface area (Å²) >= 11 is 11.0. The first-order valence-corrected chi connectivity index (χ1v) is 6.13. The highest BCUT2D eigenvalue weighted by Gasteiger charge is 1.92. The van der Waals surface area contributed by atoms with Crippen LogP contribution < -0.4 is 0 Å². The predicted octanol–water partition coefficient (Wildman–Crippen LogP) is 4.79. The lowest BCUT2D eigenvalue weighted by Crippen LogP contribution is -1.72. The van der Waals surface area contributed by atoms with E-state index in [1.54, 1.807) is 11.8 Å². The van der Waals surface area contributed by atoms with E-state index in [4.69, 9.17) is 11.6 Å². The molecule has 0 aromatic heterocycles. The van der Waals surface area contributed by atoms with Crippen molar-refractivity contribution in [2.45, 2.75) is 6.92 Å². The van der Waals surface area contributed by atoms with Crippen LogP contribution in [0.4, 0.5) is 0 Å². The van der Waals surface area contributed by atoms with Crippen LogP contribution in [0.15, 0.2) is 28.1 Å². The molecule has 0 saturated heterocycles. The van der Waals surface area contributed by atoms with Gasteiger partial charge in [-0.1, -0.05) is 30.7 Å². The zero-order chi connectivity index (χ0) is 9.68. The molecule has 0 fully saturated rings. The van der Waals surface area contributed by atoms with Gasteiger partial charge in [-0.2, -0.15) is 0 Å². The maximum Gasteiger partial charge on any atom is 0.0508 e. The van der Waals surface area contributed by atoms with E-state index in [2.05, 4.69) is 28.9 Å². The molecule has 0 heterocycles. The number of benzene rings is 1. The topological polar surface area (TPSA) is 0 Å². The number of hydrogen-bond donors (Lipinski definition) is 0. The van der Waals surface area contributed by atoms with E-state index in [1.165, 1.54) is 0 Å². The van der Waals surface area contributed by atoms with Gasteiger partial charge >= 0.3 is 0 Å². The molecular weight excluding hydrogens is 268 g/mol. The summed E-state index contributed by atoms with van der Waals surface area (Å²) in [5.41, 5.74) is 1.16. The Morgan fingerprint density at radius 2 is 2.08 bits per heavy atom. The van der Waals surface area contributed by atoms with Gasteiger partial charge in [0.1, 0.15) is 0 Å². The standard InChI is InChI=1S/C10H10BrClS/c1-2-13-10(11)7-8-3-5-9(12)6-4-8/h3-7H,2H2,1H3/b10-7-. The molecule has 0 aliphatic heterocycles. The maximum absolute atomic E-state index is 5.77. The Morgan fingerprint density at radius 3 is 2.62 bits per heavy atom. The van der Waals surface area contributed by atoms with Crippen molar-refractivity contribution in [3.05, 3.63) is 38.7 Å². The highest BCUT2D eigenvalue weighted by molar-refractivity contribution is 9.14. The van der Waals surface area contributed by atoms with Crippen molar-refractivity contribution in [2.75, 3.05) is 5.75 Å². The summed E-state index contributed by atoms with van der Waals surface area (Å²) in [6.45, 7) is 2.13. The van der Waals surface area contributed by atoms with Crippen molar-refractivity contribution >= 4 is 45.4 Å². The van der Waals surface area contributed by atoms with Gasteiger partial charge in [0.15, 0.2) is 0 Å². The summed E-state index contributed by atoms with van der Waals surface area (Å²) in [5.74, 6) is 1.07. The molecule has 0 nitrogen and oxygen atoms in total. The van der Waals surface area contributed by atoms with Crippen LogP contribution in [0, 0.1) is 0 Å². The zero-order valence-electron chi connectivity index (χ0n) is 7.26. The van der Waals surface area contributed by atoms with Gasteiger partial charge in [0.25, 0.3) is 0 Å². The molecule has 0 bridgehead atoms. The van der Waals surface area contributed by atoms with E-state index in [1.807, 2.05) is 24.3 Å². The third kappa shape index (κ3) is 4.21. The zero-order valence-corrected chi connectivity index (χ0v) is 10.4. The molecular formula is C10H10BrClS. The predicted molar refractivity (Wildman–Crippen MR) is 66.5 cm³/mol. The fraction of sp³-hybridized carbons (Fsp3) is 0.200. The molecule has 0 aliphatic rings. The van der Waals surface area contributed by atoms with Crippen LogP contribution in [0.1, 0.15) is 12.5 Å². The summed E-state index contributed by atoms with van der Waals surface area (Å²) in [6, 6.07) is 7.79. The van der Waals surface area contributed by atoms with Crippen molar-refractivity contribution in [1.82, 2.24) is 0 Å². The number of halogens is 2. The molecule has 0 radical (unpaired) electrons. The monoisotopic (exact) mass is 276 g/mol. The van der Waals surface area contributed by atoms with Gasteiger partial charge in [0, 0.05) is 5.02 Å². The van der Waals surface area contributed by atoms with E-state index in [9.17, 15) is 0 Å². The van der Waals surface area contributed by atoms with Gasteiger partial charge in [-0.05, 0) is 45.5 Å². The molecule has 0 amide bonds. The number of thioether (sulfide) groups is 1. The van der Waals surface area contributed by atoms with Gasteiger partial charge in [-0.3, -0.25) is 0 Å². The fourth-order valence-corrected chi connectivity index (χ4v) is 2.44. The minimum atomic E-state index is 0.774. The van der Waals surface area contributed by atoms with Gasteiger partial charge in [-0.25, -0.2) is 0 Å². The highest BCUT2D eigenvalue weighted by atomic mass is 79.9. The van der Waals surface area contributed by atoms with Gasteiger partial charge in [0.2, 0.25) is 0 Å². The molecule has 0 spiro atoms. The molecule has 0 unspecified atom stereocenters. The van der Waals surface area contributed by atoms with Crippen molar-refractivity contribution in [3.8, 4) is 0 Å². The molecule has 0 atom stereocenters. The number of rotatable bonds is 3. The molecule has 1 aromatic carbocycles. The summed E-state index contributed by atoms with van der Waals surface area (Å²) in [4.78, 5) is 0. The third-order valence-corrected chi connectivity index (χ3v) is 3.28. The van der Waals surface area contributed by atoms with E-state index in [0.29, 0.717) is 0 Å². The quantitative estimate of drug-likeness (QED) is 0.766. The third-order valence-electron chi connectivity index (χ3n) is 1.43. The normalized spacial score (nSPS) is 11.8. The van der Waals surface area contributed by atoms with E-state index in [-0.39, 0.29) is 0 Å². The summed E-state index contributed by atoms with van der Waals surface area (Å²) < 4.78 is 1.15. The molecule has 0 saturated carbocycles. The second kappa shape index (κ2) is 5.74. The SMILES string of the molecule is CCS/C(Br)=C\c1ccc(Cl)cc1. The maximum atomic E-state index is 5.77. The minimum absolute atomic E-state index is 0.774. The Balaban J connectivity index is 2.73. The van der Waals surface area contributed by atoms with E-state index in [0.717, 1.165) is 20.2 Å². The van der Waals surface area contributed by atoms with Crippen molar-refractivity contribution in [2.24, 2.45) is 0 Å². The van der Waals surface area contributed by atoms with Crippen LogP contribution in [-0.4, -0.2) is 5.75 Å². The summed E-state index contributed by atoms with van der Waals surface area (Å²) in [6.07, 6.45) is 2.09.